The highest BCUT2D eigenvalue weighted by molar-refractivity contribution is 6.51. The normalized spacial score (nSPS) is 14.4. The van der Waals surface area contributed by atoms with Crippen LogP contribution >= 0.6 is 0 Å². The average molecular weight is 394 g/mol. The van der Waals surface area contributed by atoms with Crippen LogP contribution in [-0.2, 0) is 11.2 Å². The van der Waals surface area contributed by atoms with Gasteiger partial charge in [0.05, 0.1) is 5.69 Å². The molecular formula is C24H31N3O2. The highest BCUT2D eigenvalue weighted by Gasteiger charge is 2.24. The molecule has 0 amide bonds. The minimum Gasteiger partial charge on any atom is -0.508 e. The van der Waals surface area contributed by atoms with E-state index in [-0.39, 0.29) is 11.5 Å². The predicted octanol–water partition coefficient (Wildman–Crippen LogP) is 5.56. The largest absolute Gasteiger partial charge is 0.508 e. The van der Waals surface area contributed by atoms with E-state index in [0.717, 1.165) is 5.56 Å². The second kappa shape index (κ2) is 11.5. The standard InChI is InChI=1S/C20H19N3O2.2C2H6/c1-12-17(10-13-2-4-14(21)5-3-13)18(24)11-19(25)20(12)23-16-8-6-15(22)7-9-16;2*1-2/h2-9,11,24H,10,21-22H2,1H3;2*1-2H3. The van der Waals surface area contributed by atoms with Crippen molar-refractivity contribution in [3.8, 4) is 0 Å². The molecule has 0 heterocycles. The zero-order chi connectivity index (χ0) is 22.0. The molecule has 5 N–H and O–H groups in total. The van der Waals surface area contributed by atoms with Crippen LogP contribution in [0.4, 0.5) is 17.1 Å². The Labute approximate surface area is 173 Å². The van der Waals surface area contributed by atoms with E-state index in [1.807, 2.05) is 52.0 Å². The summed E-state index contributed by atoms with van der Waals surface area (Å²) < 4.78 is 0. The number of aliphatic hydroxyl groups is 1. The fraction of sp³-hybridized carbons (Fsp3) is 0.250. The fourth-order valence-corrected chi connectivity index (χ4v) is 2.68. The van der Waals surface area contributed by atoms with E-state index >= 15 is 0 Å². The first-order chi connectivity index (χ1) is 13.9. The van der Waals surface area contributed by atoms with E-state index in [0.29, 0.717) is 40.3 Å². The third-order valence-electron chi connectivity index (χ3n) is 4.11. The molecule has 0 bridgehead atoms. The van der Waals surface area contributed by atoms with E-state index in [9.17, 15) is 9.90 Å². The number of hydrogen-bond acceptors (Lipinski definition) is 5. The van der Waals surface area contributed by atoms with Gasteiger partial charge in [0.25, 0.3) is 0 Å². The topological polar surface area (TPSA) is 102 Å². The molecular weight excluding hydrogens is 362 g/mol. The predicted molar refractivity (Wildman–Crippen MR) is 124 cm³/mol. The number of nitrogen functional groups attached to an aromatic ring is 2. The second-order valence-corrected chi connectivity index (χ2v) is 5.97. The number of anilines is 2. The van der Waals surface area contributed by atoms with Crippen molar-refractivity contribution in [2.75, 3.05) is 11.5 Å². The van der Waals surface area contributed by atoms with Gasteiger partial charge in [-0.1, -0.05) is 39.8 Å². The summed E-state index contributed by atoms with van der Waals surface area (Å²) in [6.45, 7) is 9.80. The van der Waals surface area contributed by atoms with Crippen molar-refractivity contribution in [2.45, 2.75) is 41.0 Å². The minimum atomic E-state index is -0.312. The van der Waals surface area contributed by atoms with Crippen molar-refractivity contribution in [2.24, 2.45) is 4.99 Å². The molecule has 5 heteroatoms. The van der Waals surface area contributed by atoms with E-state index < -0.39 is 0 Å². The molecule has 29 heavy (non-hydrogen) atoms. The summed E-state index contributed by atoms with van der Waals surface area (Å²) in [5.41, 5.74) is 16.0. The second-order valence-electron chi connectivity index (χ2n) is 5.97. The van der Waals surface area contributed by atoms with Gasteiger partial charge >= 0.3 is 0 Å². The molecule has 1 aliphatic carbocycles. The van der Waals surface area contributed by atoms with Crippen molar-refractivity contribution in [3.63, 3.8) is 0 Å². The minimum absolute atomic E-state index is 0.0180. The van der Waals surface area contributed by atoms with E-state index in [2.05, 4.69) is 4.99 Å². The molecule has 0 radical (unpaired) electrons. The first-order valence-corrected chi connectivity index (χ1v) is 9.88. The number of aliphatic imine (C=N–C) groups is 1. The van der Waals surface area contributed by atoms with Gasteiger partial charge in [0, 0.05) is 29.4 Å². The first-order valence-electron chi connectivity index (χ1n) is 9.88. The lowest BCUT2D eigenvalue weighted by atomic mass is 9.90. The van der Waals surface area contributed by atoms with Crippen LogP contribution in [0.1, 0.15) is 40.2 Å². The van der Waals surface area contributed by atoms with Crippen LogP contribution in [0.15, 0.2) is 76.5 Å². The molecule has 5 nitrogen and oxygen atoms in total. The van der Waals surface area contributed by atoms with Crippen molar-refractivity contribution in [1.29, 1.82) is 0 Å². The molecule has 2 aromatic carbocycles. The van der Waals surface area contributed by atoms with Gasteiger partial charge in [0.15, 0.2) is 0 Å². The zero-order valence-electron chi connectivity index (χ0n) is 17.9. The average Bonchev–Trinajstić information content (AvgIpc) is 2.74. The zero-order valence-corrected chi connectivity index (χ0v) is 17.9. The molecule has 3 rings (SSSR count). The van der Waals surface area contributed by atoms with Crippen molar-refractivity contribution < 1.29 is 9.90 Å². The number of hydrogen-bond donors (Lipinski definition) is 3. The van der Waals surface area contributed by atoms with Crippen molar-refractivity contribution >= 4 is 28.6 Å². The maximum Gasteiger partial charge on any atom is 0.208 e. The number of carbonyl (C=O) groups is 1. The van der Waals surface area contributed by atoms with Crippen LogP contribution in [-0.4, -0.2) is 16.6 Å². The summed E-state index contributed by atoms with van der Waals surface area (Å²) in [7, 11) is 0. The maximum absolute atomic E-state index is 12.3. The lowest BCUT2D eigenvalue weighted by molar-refractivity contribution is -0.109. The molecule has 0 aromatic heterocycles. The summed E-state index contributed by atoms with van der Waals surface area (Å²) in [6.07, 6.45) is 1.71. The summed E-state index contributed by atoms with van der Waals surface area (Å²) in [6, 6.07) is 14.4. The lowest BCUT2D eigenvalue weighted by Gasteiger charge is -2.17. The van der Waals surface area contributed by atoms with Crippen molar-refractivity contribution in [1.82, 2.24) is 0 Å². The number of ketones is 1. The quantitative estimate of drug-likeness (QED) is 0.469. The molecule has 0 saturated heterocycles. The van der Waals surface area contributed by atoms with Crippen LogP contribution in [0.3, 0.4) is 0 Å². The van der Waals surface area contributed by atoms with Crippen LogP contribution in [0.25, 0.3) is 0 Å². The van der Waals surface area contributed by atoms with Gasteiger partial charge in [0.2, 0.25) is 5.78 Å². The van der Waals surface area contributed by atoms with Gasteiger partial charge in [-0.2, -0.15) is 0 Å². The Morgan fingerprint density at radius 2 is 1.34 bits per heavy atom. The SMILES string of the molecule is CC.CC.CC1=C(Cc2ccc(N)cc2)C(O)=CC(=O)C1=Nc1ccc(N)cc1. The molecule has 0 saturated carbocycles. The van der Waals surface area contributed by atoms with Gasteiger partial charge in [-0.25, -0.2) is 4.99 Å². The lowest BCUT2D eigenvalue weighted by Crippen LogP contribution is -2.21. The number of carbonyl (C=O) groups excluding carboxylic acids is 1. The van der Waals surface area contributed by atoms with Crippen LogP contribution in [0.2, 0.25) is 0 Å². The number of aliphatic hydroxyl groups excluding tert-OH is 1. The number of nitrogens with zero attached hydrogens (tertiary/aromatic N) is 1. The molecule has 0 spiro atoms. The van der Waals surface area contributed by atoms with Crippen LogP contribution < -0.4 is 11.5 Å². The third-order valence-corrected chi connectivity index (χ3v) is 4.11. The fourth-order valence-electron chi connectivity index (χ4n) is 2.68. The number of rotatable bonds is 3. The summed E-state index contributed by atoms with van der Waals surface area (Å²) >= 11 is 0. The number of allylic oxidation sites excluding steroid dienone is 3. The number of nitrogens with two attached hydrogens (primary N) is 2. The third kappa shape index (κ3) is 6.35. The van der Waals surface area contributed by atoms with Gasteiger partial charge in [-0.05, 0) is 54.5 Å². The van der Waals surface area contributed by atoms with Gasteiger partial charge in [0.1, 0.15) is 11.5 Å². The Bertz CT molecular complexity index is 906. The highest BCUT2D eigenvalue weighted by Crippen LogP contribution is 2.26. The van der Waals surface area contributed by atoms with E-state index in [1.54, 1.807) is 31.2 Å². The Morgan fingerprint density at radius 1 is 0.862 bits per heavy atom. The molecule has 1 aliphatic rings. The Hall–Kier alpha value is -3.34. The molecule has 154 valence electrons. The summed E-state index contributed by atoms with van der Waals surface area (Å²) in [5, 5.41) is 10.2. The van der Waals surface area contributed by atoms with Crippen molar-refractivity contribution in [3.05, 3.63) is 77.1 Å². The maximum atomic E-state index is 12.3. The molecule has 0 fully saturated rings. The molecule has 0 aliphatic heterocycles. The Balaban J connectivity index is 0.000000989. The molecule has 0 atom stereocenters. The molecule has 0 unspecified atom stereocenters. The van der Waals surface area contributed by atoms with Gasteiger partial charge < -0.3 is 16.6 Å². The Morgan fingerprint density at radius 3 is 1.86 bits per heavy atom. The number of benzene rings is 2. The monoisotopic (exact) mass is 393 g/mol. The molecule has 2 aromatic rings. The summed E-state index contributed by atoms with van der Waals surface area (Å²) in [5.74, 6) is -0.330. The highest BCUT2D eigenvalue weighted by atomic mass is 16.3. The van der Waals surface area contributed by atoms with Gasteiger partial charge in [-0.15, -0.1) is 0 Å². The van der Waals surface area contributed by atoms with Gasteiger partial charge in [-0.3, -0.25) is 4.79 Å². The Kier molecular flexibility index (Phi) is 9.39. The first kappa shape index (κ1) is 23.7. The van der Waals surface area contributed by atoms with E-state index in [1.165, 1.54) is 6.08 Å². The smallest absolute Gasteiger partial charge is 0.208 e. The van der Waals surface area contributed by atoms with E-state index in [4.69, 9.17) is 11.5 Å². The van der Waals surface area contributed by atoms with Crippen LogP contribution in [0.5, 0.6) is 0 Å². The van der Waals surface area contributed by atoms with Crippen LogP contribution in [0, 0.1) is 0 Å². The summed E-state index contributed by atoms with van der Waals surface area (Å²) in [4.78, 5) is 16.7.